The molecular weight excluding hydrogens is 392 g/mol. The van der Waals surface area contributed by atoms with E-state index in [2.05, 4.69) is 20.3 Å². The first-order valence-electron chi connectivity index (χ1n) is 9.23. The predicted octanol–water partition coefficient (Wildman–Crippen LogP) is 1.08. The molecule has 1 amide bonds. The van der Waals surface area contributed by atoms with Crippen LogP contribution in [0.5, 0.6) is 0 Å². The molecule has 0 saturated carbocycles. The Morgan fingerprint density at radius 2 is 1.83 bits per heavy atom. The quantitative estimate of drug-likeness (QED) is 0.351. The number of carbonyl (C=O) groups excluding carboxylic acids is 1. The first-order chi connectivity index (χ1) is 14.3. The number of carboxylic acid groups (broad SMARTS) is 2. The number of H-pyrrole nitrogens is 2. The van der Waals surface area contributed by atoms with Gasteiger partial charge in [0, 0.05) is 17.7 Å². The third kappa shape index (κ3) is 5.10. The normalized spacial score (nSPS) is 11.9. The number of hydrogen-bond donors (Lipinski definition) is 5. The zero-order valence-corrected chi connectivity index (χ0v) is 15.8. The molecule has 156 valence electrons. The molecule has 1 aromatic carbocycles. The average Bonchev–Trinajstić information content (AvgIpc) is 3.14. The average molecular weight is 412 g/mol. The van der Waals surface area contributed by atoms with Crippen molar-refractivity contribution in [3.05, 3.63) is 63.8 Å². The molecule has 10 nitrogen and oxygen atoms in total. The van der Waals surface area contributed by atoms with E-state index >= 15 is 0 Å². The Balaban J connectivity index is 1.60. The highest BCUT2D eigenvalue weighted by Gasteiger charge is 2.21. The standard InChI is InChI=1S/C20H20N4O6/c25-16(26)8-7-15(20(29)30)24-18(27)12-4-1-11(2-5-12)3-6-13-9-14-17(23-13)21-10-22-19(14)28/h1-2,4-5,9-10,15H,3,6-8H2,(H,24,27)(H,25,26)(H,29,30)(H2,21,22,23,28)/t15-/m0/s1. The Kier molecular flexibility index (Phi) is 6.26. The molecule has 0 fully saturated rings. The van der Waals surface area contributed by atoms with Gasteiger partial charge in [0.15, 0.2) is 0 Å². The zero-order valence-electron chi connectivity index (χ0n) is 15.8. The molecule has 0 saturated heterocycles. The molecule has 0 aliphatic carbocycles. The van der Waals surface area contributed by atoms with Gasteiger partial charge in [0.05, 0.1) is 11.7 Å². The number of fused-ring (bicyclic) bond motifs is 1. The summed E-state index contributed by atoms with van der Waals surface area (Å²) >= 11 is 0. The lowest BCUT2D eigenvalue weighted by atomic mass is 10.1. The molecule has 0 unspecified atom stereocenters. The van der Waals surface area contributed by atoms with Gasteiger partial charge in [0.25, 0.3) is 11.5 Å². The number of aromatic nitrogens is 3. The van der Waals surface area contributed by atoms with E-state index in [0.717, 1.165) is 11.3 Å². The number of carboxylic acids is 2. The van der Waals surface area contributed by atoms with Crippen LogP contribution in [0.4, 0.5) is 0 Å². The summed E-state index contributed by atoms with van der Waals surface area (Å²) in [6.45, 7) is 0. The van der Waals surface area contributed by atoms with Crippen LogP contribution in [0, 0.1) is 0 Å². The number of nitrogens with zero attached hydrogens (tertiary/aromatic N) is 1. The van der Waals surface area contributed by atoms with E-state index in [9.17, 15) is 19.2 Å². The van der Waals surface area contributed by atoms with Crippen molar-refractivity contribution >= 4 is 28.9 Å². The van der Waals surface area contributed by atoms with Gasteiger partial charge in [-0.2, -0.15) is 0 Å². The van der Waals surface area contributed by atoms with Crippen molar-refractivity contribution in [1.82, 2.24) is 20.3 Å². The maximum atomic E-state index is 12.3. The van der Waals surface area contributed by atoms with Gasteiger partial charge < -0.3 is 25.5 Å². The second kappa shape index (κ2) is 9.03. The summed E-state index contributed by atoms with van der Waals surface area (Å²) in [5, 5.41) is 20.7. The molecule has 2 aromatic heterocycles. The fourth-order valence-corrected chi connectivity index (χ4v) is 3.01. The molecule has 0 radical (unpaired) electrons. The number of amides is 1. The highest BCUT2D eigenvalue weighted by Crippen LogP contribution is 2.12. The number of nitrogens with one attached hydrogen (secondary N) is 3. The number of aryl methyl sites for hydroxylation is 2. The highest BCUT2D eigenvalue weighted by atomic mass is 16.4. The van der Waals surface area contributed by atoms with Crippen LogP contribution in [0.3, 0.4) is 0 Å². The molecule has 0 bridgehead atoms. The van der Waals surface area contributed by atoms with E-state index in [1.54, 1.807) is 30.3 Å². The number of aliphatic carboxylic acids is 2. The van der Waals surface area contributed by atoms with Gasteiger partial charge in [0.2, 0.25) is 0 Å². The third-order valence-electron chi connectivity index (χ3n) is 4.64. The summed E-state index contributed by atoms with van der Waals surface area (Å²) in [5.41, 5.74) is 2.41. The predicted molar refractivity (Wildman–Crippen MR) is 106 cm³/mol. The Morgan fingerprint density at radius 3 is 2.47 bits per heavy atom. The number of carbonyl (C=O) groups is 3. The molecule has 3 rings (SSSR count). The van der Waals surface area contributed by atoms with Gasteiger partial charge in [-0.3, -0.25) is 14.4 Å². The van der Waals surface area contributed by atoms with Crippen molar-refractivity contribution in [1.29, 1.82) is 0 Å². The Labute approximate surface area is 170 Å². The first-order valence-corrected chi connectivity index (χ1v) is 9.23. The summed E-state index contributed by atoms with van der Waals surface area (Å²) in [5.74, 6) is -3.00. The van der Waals surface area contributed by atoms with E-state index in [1.807, 2.05) is 0 Å². The minimum Gasteiger partial charge on any atom is -0.481 e. The van der Waals surface area contributed by atoms with Gasteiger partial charge in [0.1, 0.15) is 11.7 Å². The van der Waals surface area contributed by atoms with Crippen LogP contribution < -0.4 is 10.9 Å². The number of rotatable bonds is 9. The molecule has 1 atom stereocenters. The Morgan fingerprint density at radius 1 is 1.10 bits per heavy atom. The zero-order chi connectivity index (χ0) is 21.7. The summed E-state index contributed by atoms with van der Waals surface area (Å²) < 4.78 is 0. The lowest BCUT2D eigenvalue weighted by Crippen LogP contribution is -2.41. The fourth-order valence-electron chi connectivity index (χ4n) is 3.01. The van der Waals surface area contributed by atoms with Crippen LogP contribution in [0.1, 0.15) is 34.5 Å². The SMILES string of the molecule is O=C(O)CC[C@H](NC(=O)c1ccc(CCc2cc3c(=O)[nH]cnc3[nH]2)cc1)C(=O)O. The second-order valence-electron chi connectivity index (χ2n) is 6.78. The summed E-state index contributed by atoms with van der Waals surface area (Å²) in [4.78, 5) is 55.5. The van der Waals surface area contributed by atoms with Crippen molar-refractivity contribution in [3.8, 4) is 0 Å². The van der Waals surface area contributed by atoms with Gasteiger partial charge in [-0.1, -0.05) is 12.1 Å². The molecule has 0 spiro atoms. The molecule has 3 aromatic rings. The molecular formula is C20H20N4O6. The number of benzene rings is 1. The highest BCUT2D eigenvalue weighted by molar-refractivity contribution is 5.96. The molecule has 0 aliphatic heterocycles. The van der Waals surface area contributed by atoms with Crippen LogP contribution in [0.2, 0.25) is 0 Å². The fraction of sp³-hybridized carbons (Fsp3) is 0.250. The third-order valence-corrected chi connectivity index (χ3v) is 4.64. The van der Waals surface area contributed by atoms with Crippen LogP contribution >= 0.6 is 0 Å². The van der Waals surface area contributed by atoms with Crippen LogP contribution in [0.15, 0.2) is 41.5 Å². The minimum absolute atomic E-state index is 0.198. The van der Waals surface area contributed by atoms with E-state index in [1.165, 1.54) is 6.33 Å². The van der Waals surface area contributed by atoms with E-state index in [4.69, 9.17) is 10.2 Å². The van der Waals surface area contributed by atoms with Crippen LogP contribution in [0.25, 0.3) is 11.0 Å². The van der Waals surface area contributed by atoms with E-state index < -0.39 is 23.9 Å². The van der Waals surface area contributed by atoms with Gasteiger partial charge in [-0.05, 0) is 43.0 Å². The minimum atomic E-state index is -1.28. The van der Waals surface area contributed by atoms with Crippen molar-refractivity contribution < 1.29 is 24.6 Å². The van der Waals surface area contributed by atoms with Crippen LogP contribution in [-0.2, 0) is 22.4 Å². The lowest BCUT2D eigenvalue weighted by Gasteiger charge is -2.13. The number of hydrogen-bond acceptors (Lipinski definition) is 5. The van der Waals surface area contributed by atoms with Crippen LogP contribution in [-0.4, -0.2) is 49.1 Å². The molecule has 10 heteroatoms. The van der Waals surface area contributed by atoms with Gasteiger partial charge in [-0.25, -0.2) is 9.78 Å². The van der Waals surface area contributed by atoms with E-state index in [0.29, 0.717) is 23.9 Å². The molecule has 0 aliphatic rings. The molecule has 2 heterocycles. The Bertz CT molecular complexity index is 1130. The van der Waals surface area contributed by atoms with Crippen molar-refractivity contribution in [2.45, 2.75) is 31.7 Å². The molecule has 5 N–H and O–H groups in total. The van der Waals surface area contributed by atoms with Gasteiger partial charge >= 0.3 is 11.9 Å². The first kappa shape index (κ1) is 20.8. The Hall–Kier alpha value is -3.95. The van der Waals surface area contributed by atoms with Crippen molar-refractivity contribution in [3.63, 3.8) is 0 Å². The monoisotopic (exact) mass is 412 g/mol. The lowest BCUT2D eigenvalue weighted by molar-refractivity contribution is -0.140. The van der Waals surface area contributed by atoms with Crippen molar-refractivity contribution in [2.24, 2.45) is 0 Å². The second-order valence-corrected chi connectivity index (χ2v) is 6.78. The smallest absolute Gasteiger partial charge is 0.326 e. The number of aromatic amines is 2. The maximum Gasteiger partial charge on any atom is 0.326 e. The topological polar surface area (TPSA) is 165 Å². The van der Waals surface area contributed by atoms with Crippen molar-refractivity contribution in [2.75, 3.05) is 0 Å². The molecule has 30 heavy (non-hydrogen) atoms. The summed E-state index contributed by atoms with van der Waals surface area (Å²) in [7, 11) is 0. The van der Waals surface area contributed by atoms with Gasteiger partial charge in [-0.15, -0.1) is 0 Å². The largest absolute Gasteiger partial charge is 0.481 e. The van der Waals surface area contributed by atoms with E-state index in [-0.39, 0.29) is 24.0 Å². The summed E-state index contributed by atoms with van der Waals surface area (Å²) in [6.07, 6.45) is 2.08. The summed E-state index contributed by atoms with van der Waals surface area (Å²) in [6, 6.07) is 7.17. The maximum absolute atomic E-state index is 12.3.